The Bertz CT molecular complexity index is 1150. The van der Waals surface area contributed by atoms with Crippen molar-refractivity contribution < 1.29 is 31.8 Å². The van der Waals surface area contributed by atoms with Gasteiger partial charge in [0.25, 0.3) is 0 Å². The standard InChI is InChI=1S/C23H23F4N3O3/c1-13-29-19-10-20(31-2)21(33-12-17-4-3-5-32-17)9-18(19)22(30-13)28-11-14-6-15(23(25,26)27)8-16(24)7-14/h6-10,17H,3-5,11-12H2,1-2H3,(H,28,29,30)/t17-/m1/s1. The summed E-state index contributed by atoms with van der Waals surface area (Å²) in [4.78, 5) is 8.80. The highest BCUT2D eigenvalue weighted by Gasteiger charge is 2.31. The van der Waals surface area contributed by atoms with Crippen LogP contribution in [-0.2, 0) is 17.5 Å². The minimum atomic E-state index is -4.64. The van der Waals surface area contributed by atoms with Crippen LogP contribution in [0.4, 0.5) is 23.4 Å². The minimum absolute atomic E-state index is 0.00747. The van der Waals surface area contributed by atoms with E-state index < -0.39 is 17.6 Å². The number of hydrogen-bond donors (Lipinski definition) is 1. The molecule has 0 amide bonds. The van der Waals surface area contributed by atoms with E-state index in [9.17, 15) is 17.6 Å². The number of nitrogens with zero attached hydrogens (tertiary/aromatic N) is 2. The van der Waals surface area contributed by atoms with Crippen LogP contribution < -0.4 is 14.8 Å². The van der Waals surface area contributed by atoms with Crippen molar-refractivity contribution in [1.82, 2.24) is 9.97 Å². The molecule has 3 aromatic rings. The van der Waals surface area contributed by atoms with Crippen LogP contribution in [0.3, 0.4) is 0 Å². The zero-order valence-corrected chi connectivity index (χ0v) is 18.1. The van der Waals surface area contributed by atoms with E-state index in [0.29, 0.717) is 53.3 Å². The molecule has 6 nitrogen and oxygen atoms in total. The van der Waals surface area contributed by atoms with Crippen LogP contribution in [0.25, 0.3) is 10.9 Å². The maximum Gasteiger partial charge on any atom is 0.416 e. The number of ether oxygens (including phenoxy) is 3. The highest BCUT2D eigenvalue weighted by atomic mass is 19.4. The van der Waals surface area contributed by atoms with E-state index >= 15 is 0 Å². The lowest BCUT2D eigenvalue weighted by atomic mass is 10.1. The van der Waals surface area contributed by atoms with Gasteiger partial charge in [-0.25, -0.2) is 14.4 Å². The number of anilines is 1. The van der Waals surface area contributed by atoms with Crippen LogP contribution in [0.15, 0.2) is 30.3 Å². The molecule has 4 rings (SSSR count). The van der Waals surface area contributed by atoms with Crippen molar-refractivity contribution in [2.24, 2.45) is 0 Å². The molecular weight excluding hydrogens is 442 g/mol. The average Bonchev–Trinajstić information content (AvgIpc) is 3.28. The number of aryl methyl sites for hydroxylation is 1. The Kier molecular flexibility index (Phi) is 6.55. The van der Waals surface area contributed by atoms with E-state index in [0.717, 1.165) is 25.0 Å². The summed E-state index contributed by atoms with van der Waals surface area (Å²) in [5, 5.41) is 3.60. The minimum Gasteiger partial charge on any atom is -0.493 e. The fourth-order valence-corrected chi connectivity index (χ4v) is 3.72. The maximum atomic E-state index is 13.8. The maximum absolute atomic E-state index is 13.8. The molecule has 1 saturated heterocycles. The van der Waals surface area contributed by atoms with Crippen molar-refractivity contribution >= 4 is 16.7 Å². The Morgan fingerprint density at radius 3 is 2.64 bits per heavy atom. The number of nitrogens with one attached hydrogen (secondary N) is 1. The van der Waals surface area contributed by atoms with Crippen LogP contribution >= 0.6 is 0 Å². The van der Waals surface area contributed by atoms with E-state index in [-0.39, 0.29) is 18.2 Å². The lowest BCUT2D eigenvalue weighted by Gasteiger charge is -2.16. The van der Waals surface area contributed by atoms with Gasteiger partial charge in [-0.2, -0.15) is 13.2 Å². The van der Waals surface area contributed by atoms with Gasteiger partial charge >= 0.3 is 6.18 Å². The van der Waals surface area contributed by atoms with Gasteiger partial charge in [0.1, 0.15) is 24.1 Å². The molecule has 2 aromatic carbocycles. The van der Waals surface area contributed by atoms with Crippen molar-refractivity contribution in [3.8, 4) is 11.5 Å². The molecule has 1 N–H and O–H groups in total. The van der Waals surface area contributed by atoms with E-state index in [1.165, 1.54) is 7.11 Å². The highest BCUT2D eigenvalue weighted by molar-refractivity contribution is 5.91. The molecule has 1 aromatic heterocycles. The lowest BCUT2D eigenvalue weighted by molar-refractivity contribution is -0.137. The van der Waals surface area contributed by atoms with Crippen molar-refractivity contribution in [1.29, 1.82) is 0 Å². The number of alkyl halides is 3. The number of benzene rings is 2. The Hall–Kier alpha value is -3.14. The third kappa shape index (κ3) is 5.44. The summed E-state index contributed by atoms with van der Waals surface area (Å²) < 4.78 is 69.8. The first kappa shape index (κ1) is 23.0. The van der Waals surface area contributed by atoms with Crippen LogP contribution in [-0.4, -0.2) is 36.4 Å². The number of methoxy groups -OCH3 is 1. The average molecular weight is 465 g/mol. The first-order valence-corrected chi connectivity index (χ1v) is 10.4. The molecule has 2 heterocycles. The Balaban J connectivity index is 1.62. The lowest BCUT2D eigenvalue weighted by Crippen LogP contribution is -2.16. The SMILES string of the molecule is COc1cc2nc(C)nc(NCc3cc(F)cc(C(F)(F)F)c3)c2cc1OC[C@H]1CCCO1. The molecule has 176 valence electrons. The first-order chi connectivity index (χ1) is 15.7. The summed E-state index contributed by atoms with van der Waals surface area (Å²) in [6, 6.07) is 5.86. The van der Waals surface area contributed by atoms with Gasteiger partial charge in [0.15, 0.2) is 11.5 Å². The normalized spacial score (nSPS) is 16.2. The molecule has 1 atom stereocenters. The van der Waals surface area contributed by atoms with Crippen LogP contribution in [0.5, 0.6) is 11.5 Å². The van der Waals surface area contributed by atoms with Gasteiger partial charge in [0.2, 0.25) is 0 Å². The van der Waals surface area contributed by atoms with E-state index in [4.69, 9.17) is 14.2 Å². The van der Waals surface area contributed by atoms with Crippen LogP contribution in [0, 0.1) is 12.7 Å². The zero-order chi connectivity index (χ0) is 23.6. The van der Waals surface area contributed by atoms with Gasteiger partial charge in [-0.15, -0.1) is 0 Å². The van der Waals surface area contributed by atoms with Crippen molar-refractivity contribution in [3.05, 3.63) is 53.1 Å². The summed E-state index contributed by atoms with van der Waals surface area (Å²) >= 11 is 0. The predicted molar refractivity (Wildman–Crippen MR) is 114 cm³/mol. The first-order valence-electron chi connectivity index (χ1n) is 10.4. The number of halogens is 4. The zero-order valence-electron chi connectivity index (χ0n) is 18.1. The second-order valence-electron chi connectivity index (χ2n) is 7.79. The van der Waals surface area contributed by atoms with Gasteiger partial charge < -0.3 is 19.5 Å². The monoisotopic (exact) mass is 465 g/mol. The summed E-state index contributed by atoms with van der Waals surface area (Å²) in [5.41, 5.74) is -0.339. The third-order valence-electron chi connectivity index (χ3n) is 5.29. The number of fused-ring (bicyclic) bond motifs is 1. The number of hydrogen-bond acceptors (Lipinski definition) is 6. The molecule has 0 aliphatic carbocycles. The summed E-state index contributed by atoms with van der Waals surface area (Å²) in [6.07, 6.45) is -2.73. The molecule has 1 aliphatic heterocycles. The molecule has 0 spiro atoms. The summed E-state index contributed by atoms with van der Waals surface area (Å²) in [7, 11) is 1.52. The molecule has 10 heteroatoms. The second-order valence-corrected chi connectivity index (χ2v) is 7.79. The highest BCUT2D eigenvalue weighted by Crippen LogP contribution is 2.35. The smallest absolute Gasteiger partial charge is 0.416 e. The summed E-state index contributed by atoms with van der Waals surface area (Å²) in [6.45, 7) is 2.70. The fourth-order valence-electron chi connectivity index (χ4n) is 3.72. The Morgan fingerprint density at radius 2 is 1.94 bits per heavy atom. The molecule has 33 heavy (non-hydrogen) atoms. The number of rotatable bonds is 7. The van der Waals surface area contributed by atoms with Crippen molar-refractivity contribution in [2.45, 2.75) is 38.6 Å². The van der Waals surface area contributed by atoms with E-state index in [1.807, 2.05) is 0 Å². The van der Waals surface area contributed by atoms with E-state index in [1.54, 1.807) is 19.1 Å². The second kappa shape index (κ2) is 9.38. The topological polar surface area (TPSA) is 65.5 Å². The molecule has 0 unspecified atom stereocenters. The van der Waals surface area contributed by atoms with Gasteiger partial charge in [0, 0.05) is 24.6 Å². The molecule has 1 aliphatic rings. The van der Waals surface area contributed by atoms with Gasteiger partial charge in [-0.3, -0.25) is 0 Å². The Morgan fingerprint density at radius 1 is 1.12 bits per heavy atom. The predicted octanol–water partition coefficient (Wildman–Crippen LogP) is 5.27. The molecule has 0 saturated carbocycles. The van der Waals surface area contributed by atoms with Crippen molar-refractivity contribution in [2.75, 3.05) is 25.6 Å². The van der Waals surface area contributed by atoms with Gasteiger partial charge in [0.05, 0.1) is 24.3 Å². The number of aromatic nitrogens is 2. The molecule has 0 radical (unpaired) electrons. The van der Waals surface area contributed by atoms with Gasteiger partial charge in [-0.1, -0.05) is 0 Å². The Labute approximate surface area is 187 Å². The van der Waals surface area contributed by atoms with Crippen LogP contribution in [0.2, 0.25) is 0 Å². The third-order valence-corrected chi connectivity index (χ3v) is 5.29. The summed E-state index contributed by atoms with van der Waals surface area (Å²) in [5.74, 6) is 0.848. The van der Waals surface area contributed by atoms with Gasteiger partial charge in [-0.05, 0) is 49.6 Å². The van der Waals surface area contributed by atoms with Crippen LogP contribution in [0.1, 0.15) is 29.8 Å². The largest absolute Gasteiger partial charge is 0.493 e. The fraction of sp³-hybridized carbons (Fsp3) is 0.391. The van der Waals surface area contributed by atoms with E-state index in [2.05, 4.69) is 15.3 Å². The molecular formula is C23H23F4N3O3. The quantitative estimate of drug-likeness (QED) is 0.480. The molecule has 1 fully saturated rings. The molecule has 0 bridgehead atoms. The van der Waals surface area contributed by atoms with Crippen molar-refractivity contribution in [3.63, 3.8) is 0 Å².